The smallest absolute Gasteiger partial charge is 0.435 e. The Hall–Kier alpha value is -4.16. The Morgan fingerprint density at radius 2 is 1.76 bits per heavy atom. The number of nitrogens with one attached hydrogen (secondary N) is 2. The number of hydrogen-bond donors (Lipinski definition) is 2. The van der Waals surface area contributed by atoms with Gasteiger partial charge in [-0.15, -0.1) is 5.10 Å². The highest BCUT2D eigenvalue weighted by molar-refractivity contribution is 7.89. The van der Waals surface area contributed by atoms with Crippen LogP contribution in [-0.4, -0.2) is 119 Å². The molecular formula is C34H47F2N7O7S. The van der Waals surface area contributed by atoms with Crippen LogP contribution in [0.5, 0.6) is 0 Å². The number of sulfonamides is 1. The second-order valence-corrected chi connectivity index (χ2v) is 14.5. The van der Waals surface area contributed by atoms with E-state index in [4.69, 9.17) is 14.2 Å². The predicted octanol–water partition coefficient (Wildman–Crippen LogP) is 4.01. The number of rotatable bonds is 16. The zero-order chi connectivity index (χ0) is 37.5. The third-order valence-electron chi connectivity index (χ3n) is 8.49. The van der Waals surface area contributed by atoms with Crippen molar-refractivity contribution in [2.45, 2.75) is 50.7 Å². The Balaban J connectivity index is 1.71. The van der Waals surface area contributed by atoms with Crippen molar-refractivity contribution in [2.24, 2.45) is 0 Å². The van der Waals surface area contributed by atoms with Crippen LogP contribution in [0.4, 0.5) is 30.8 Å². The zero-order valence-electron chi connectivity index (χ0n) is 30.0. The largest absolute Gasteiger partial charge is 0.445 e. The first-order chi connectivity index (χ1) is 24.2. The van der Waals surface area contributed by atoms with Gasteiger partial charge < -0.3 is 34.6 Å². The Bertz CT molecular complexity index is 1780. The summed E-state index contributed by atoms with van der Waals surface area (Å²) in [6.45, 7) is 6.94. The average molecular weight is 736 g/mol. The Labute approximate surface area is 297 Å². The van der Waals surface area contributed by atoms with Crippen LogP contribution in [0.3, 0.4) is 0 Å². The molecule has 2 unspecified atom stereocenters. The van der Waals surface area contributed by atoms with Crippen LogP contribution in [0.25, 0.3) is 0 Å². The zero-order valence-corrected chi connectivity index (χ0v) is 30.9. The fraction of sp³-hybridized carbons (Fsp3) is 0.500. The number of carbonyl (C=O) groups is 2. The first-order valence-electron chi connectivity index (χ1n) is 16.6. The van der Waals surface area contributed by atoms with E-state index in [1.54, 1.807) is 20.1 Å². The lowest BCUT2D eigenvalue weighted by molar-refractivity contribution is 0.0777. The van der Waals surface area contributed by atoms with Gasteiger partial charge in [-0.25, -0.2) is 22.0 Å². The molecule has 0 aliphatic carbocycles. The normalized spacial score (nSPS) is 14.5. The van der Waals surface area contributed by atoms with Gasteiger partial charge in [-0.3, -0.25) is 4.79 Å². The molecule has 17 heteroatoms. The lowest BCUT2D eigenvalue weighted by Gasteiger charge is -2.28. The van der Waals surface area contributed by atoms with Gasteiger partial charge in [0, 0.05) is 81.9 Å². The van der Waals surface area contributed by atoms with Gasteiger partial charge in [0.1, 0.15) is 18.2 Å². The summed E-state index contributed by atoms with van der Waals surface area (Å²) >= 11 is 0. The van der Waals surface area contributed by atoms with Gasteiger partial charge in [0.15, 0.2) is 5.82 Å². The van der Waals surface area contributed by atoms with Crippen molar-refractivity contribution in [1.82, 2.24) is 19.0 Å². The van der Waals surface area contributed by atoms with Crippen LogP contribution >= 0.6 is 0 Å². The number of anilines is 3. The fourth-order valence-corrected chi connectivity index (χ4v) is 7.01. The standard InChI is InChI=1S/C34H47F2N7O7S/c1-8-49-13-14-50-34(45)43-31-11-12-42(51(46,47)27-16-24(35)15-25(36)17-27)20-29(31)32(39-43)38-33(44)28-10-9-26(41(6)19-23(3)40(4)5)18-30(28)37-22(2)21-48-7/h9-10,15-18,22-23,37H,8,11-14,19-21H2,1-7H3,(H,38,39,44). The summed E-state index contributed by atoms with van der Waals surface area (Å²) in [4.78, 5) is 30.8. The van der Waals surface area contributed by atoms with Crippen LogP contribution in [0.2, 0.25) is 0 Å². The summed E-state index contributed by atoms with van der Waals surface area (Å²) in [7, 11) is 3.15. The van der Waals surface area contributed by atoms with Crippen molar-refractivity contribution in [2.75, 3.05) is 83.3 Å². The highest BCUT2D eigenvalue weighted by Crippen LogP contribution is 2.32. The maximum absolute atomic E-state index is 14.0. The lowest BCUT2D eigenvalue weighted by atomic mass is 10.1. The summed E-state index contributed by atoms with van der Waals surface area (Å²) < 4.78 is 73.0. The van der Waals surface area contributed by atoms with Gasteiger partial charge in [-0.1, -0.05) is 0 Å². The molecule has 0 saturated heterocycles. The van der Waals surface area contributed by atoms with Gasteiger partial charge >= 0.3 is 6.09 Å². The molecule has 3 aromatic rings. The number of carbonyl (C=O) groups excluding carboxylic acids is 2. The molecule has 4 rings (SSSR count). The summed E-state index contributed by atoms with van der Waals surface area (Å²) in [5.41, 5.74) is 2.18. The SMILES string of the molecule is CCOCCOC(=O)n1nc(NC(=O)c2ccc(N(C)CC(C)N(C)C)cc2NC(C)COC)c2c1CCN(S(=O)(=O)c1cc(F)cc(F)c1)C2. The molecule has 1 amide bonds. The molecule has 0 spiro atoms. The summed E-state index contributed by atoms with van der Waals surface area (Å²) in [6.07, 6.45) is -0.853. The topological polar surface area (TPSA) is 148 Å². The van der Waals surface area contributed by atoms with Crippen molar-refractivity contribution in [3.63, 3.8) is 0 Å². The highest BCUT2D eigenvalue weighted by atomic mass is 32.2. The molecular weight excluding hydrogens is 688 g/mol. The van der Waals surface area contributed by atoms with Crippen LogP contribution in [0.15, 0.2) is 41.3 Å². The molecule has 0 radical (unpaired) electrons. The second-order valence-electron chi connectivity index (χ2n) is 12.6. The van der Waals surface area contributed by atoms with E-state index >= 15 is 0 Å². The van der Waals surface area contributed by atoms with Gasteiger partial charge in [-0.2, -0.15) is 8.99 Å². The second kappa shape index (κ2) is 17.4. The minimum atomic E-state index is -4.39. The maximum atomic E-state index is 14.0. The number of benzene rings is 2. The number of fused-ring (bicyclic) bond motifs is 1. The van der Waals surface area contributed by atoms with E-state index in [1.165, 1.54) is 0 Å². The first-order valence-corrected chi connectivity index (χ1v) is 18.0. The van der Waals surface area contributed by atoms with E-state index in [1.807, 2.05) is 40.2 Å². The quantitative estimate of drug-likeness (QED) is 0.206. The van der Waals surface area contributed by atoms with Crippen molar-refractivity contribution in [3.8, 4) is 0 Å². The van der Waals surface area contributed by atoms with Gasteiger partial charge in [0.05, 0.1) is 29.4 Å². The predicted molar refractivity (Wildman–Crippen MR) is 189 cm³/mol. The van der Waals surface area contributed by atoms with Crippen molar-refractivity contribution in [1.29, 1.82) is 0 Å². The number of halogens is 2. The van der Waals surface area contributed by atoms with E-state index in [2.05, 4.69) is 32.5 Å². The molecule has 51 heavy (non-hydrogen) atoms. The Kier molecular flexibility index (Phi) is 13.5. The van der Waals surface area contributed by atoms with Crippen LogP contribution < -0.4 is 15.5 Å². The number of methoxy groups -OCH3 is 1. The van der Waals surface area contributed by atoms with Crippen LogP contribution in [-0.2, 0) is 37.2 Å². The molecule has 2 aromatic carbocycles. The number of ether oxygens (including phenoxy) is 3. The van der Waals surface area contributed by atoms with E-state index < -0.39 is 38.6 Å². The van der Waals surface area contributed by atoms with Crippen molar-refractivity contribution < 1.29 is 41.0 Å². The number of aromatic nitrogens is 2. The number of nitrogens with zero attached hydrogens (tertiary/aromatic N) is 5. The van der Waals surface area contributed by atoms with Gasteiger partial charge in [0.25, 0.3) is 5.91 Å². The molecule has 14 nitrogen and oxygen atoms in total. The van der Waals surface area contributed by atoms with E-state index in [-0.39, 0.29) is 61.8 Å². The summed E-state index contributed by atoms with van der Waals surface area (Å²) in [5, 5.41) is 10.5. The van der Waals surface area contributed by atoms with E-state index in [9.17, 15) is 26.8 Å². The minimum absolute atomic E-state index is 0.0104. The monoisotopic (exact) mass is 735 g/mol. The molecule has 2 N–H and O–H groups in total. The molecule has 0 saturated carbocycles. The molecule has 1 aromatic heterocycles. The van der Waals surface area contributed by atoms with E-state index in [0.717, 1.165) is 33.4 Å². The fourth-order valence-electron chi connectivity index (χ4n) is 5.55. The first kappa shape index (κ1) is 39.6. The molecule has 2 heterocycles. The molecule has 0 bridgehead atoms. The maximum Gasteiger partial charge on any atom is 0.435 e. The van der Waals surface area contributed by atoms with Crippen molar-refractivity contribution >= 4 is 39.2 Å². The minimum Gasteiger partial charge on any atom is -0.445 e. The molecule has 1 aliphatic rings. The number of amides is 1. The Morgan fingerprint density at radius 3 is 2.41 bits per heavy atom. The van der Waals surface area contributed by atoms with Crippen molar-refractivity contribution in [3.05, 3.63) is 64.9 Å². The van der Waals surface area contributed by atoms with E-state index in [0.29, 0.717) is 30.7 Å². The number of hydrogen-bond acceptors (Lipinski definition) is 11. The molecule has 1 aliphatic heterocycles. The van der Waals surface area contributed by atoms with Gasteiger partial charge in [0.2, 0.25) is 10.0 Å². The summed E-state index contributed by atoms with van der Waals surface area (Å²) in [6, 6.07) is 7.47. The average Bonchev–Trinajstić information content (AvgIpc) is 3.43. The third kappa shape index (κ3) is 9.79. The molecule has 0 fully saturated rings. The molecule has 2 atom stereocenters. The molecule has 280 valence electrons. The van der Waals surface area contributed by atoms with Crippen LogP contribution in [0, 0.1) is 11.6 Å². The Morgan fingerprint density at radius 1 is 1.06 bits per heavy atom. The highest BCUT2D eigenvalue weighted by Gasteiger charge is 2.35. The lowest BCUT2D eigenvalue weighted by Crippen LogP contribution is -2.37. The van der Waals surface area contributed by atoms with Gasteiger partial charge in [-0.05, 0) is 65.2 Å². The van der Waals surface area contributed by atoms with Crippen LogP contribution in [0.1, 0.15) is 42.4 Å². The number of likely N-dealkylation sites (N-methyl/N-ethyl adjacent to an activating group) is 2. The third-order valence-corrected chi connectivity index (χ3v) is 10.3. The summed E-state index contributed by atoms with van der Waals surface area (Å²) in [5.74, 6) is -2.74.